The summed E-state index contributed by atoms with van der Waals surface area (Å²) >= 11 is 0. The van der Waals surface area contributed by atoms with E-state index in [1.54, 1.807) is 0 Å². The number of esters is 1. The van der Waals surface area contributed by atoms with Gasteiger partial charge in [-0.2, -0.15) is 0 Å². The summed E-state index contributed by atoms with van der Waals surface area (Å²) in [7, 11) is 4.36. The monoisotopic (exact) mass is 566 g/mol. The summed E-state index contributed by atoms with van der Waals surface area (Å²) in [4.78, 5) is 13.0. The number of ether oxygens (including phenoxy) is 2. The van der Waals surface area contributed by atoms with Crippen LogP contribution >= 0.6 is 0 Å². The van der Waals surface area contributed by atoms with E-state index >= 15 is 0 Å². The lowest BCUT2D eigenvalue weighted by molar-refractivity contribution is -0.906. The van der Waals surface area contributed by atoms with Gasteiger partial charge < -0.3 is 14.0 Å². The molecule has 2 rings (SSSR count). The molecule has 0 aliphatic heterocycles. The summed E-state index contributed by atoms with van der Waals surface area (Å²) in [5, 5.41) is 0. The zero-order valence-corrected chi connectivity index (χ0v) is 27.0. The molecule has 2 atom stereocenters. The van der Waals surface area contributed by atoms with Crippen LogP contribution in [0.3, 0.4) is 0 Å². The van der Waals surface area contributed by atoms with Crippen LogP contribution in [-0.4, -0.2) is 43.8 Å². The minimum Gasteiger partial charge on any atom is -0.487 e. The first kappa shape index (κ1) is 34.9. The van der Waals surface area contributed by atoms with Crippen molar-refractivity contribution in [3.8, 4) is 5.75 Å². The maximum Gasteiger partial charge on any atom is 0.314 e. The van der Waals surface area contributed by atoms with Crippen molar-refractivity contribution in [2.45, 2.75) is 123 Å². The van der Waals surface area contributed by atoms with E-state index in [-0.39, 0.29) is 18.0 Å². The molecule has 41 heavy (non-hydrogen) atoms. The van der Waals surface area contributed by atoms with Crippen LogP contribution in [0.1, 0.15) is 115 Å². The largest absolute Gasteiger partial charge is 0.487 e. The van der Waals surface area contributed by atoms with Crippen LogP contribution in [0.15, 0.2) is 54.6 Å². The topological polar surface area (TPSA) is 35.5 Å². The quantitative estimate of drug-likeness (QED) is 0.0763. The molecule has 0 aromatic heterocycles. The van der Waals surface area contributed by atoms with Gasteiger partial charge in [-0.1, -0.05) is 127 Å². The van der Waals surface area contributed by atoms with E-state index in [0.29, 0.717) is 6.61 Å². The summed E-state index contributed by atoms with van der Waals surface area (Å²) in [5.41, 5.74) is 2.65. The van der Waals surface area contributed by atoms with E-state index in [1.165, 1.54) is 81.8 Å². The molecule has 0 N–H and O–H groups in total. The van der Waals surface area contributed by atoms with E-state index < -0.39 is 0 Å². The fraction of sp³-hybridized carbons (Fsp3) is 0.649. The van der Waals surface area contributed by atoms with E-state index in [0.717, 1.165) is 42.6 Å². The third-order valence-corrected chi connectivity index (χ3v) is 8.16. The van der Waals surface area contributed by atoms with Crippen molar-refractivity contribution in [2.75, 3.05) is 27.2 Å². The second-order valence-electron chi connectivity index (χ2n) is 12.6. The van der Waals surface area contributed by atoms with E-state index in [1.807, 2.05) is 6.07 Å². The number of carbonyl (C=O) groups is 1. The second-order valence-corrected chi connectivity index (χ2v) is 12.6. The lowest BCUT2D eigenvalue weighted by Crippen LogP contribution is -2.45. The molecule has 0 saturated heterocycles. The normalized spacial score (nSPS) is 13.1. The Morgan fingerprint density at radius 1 is 0.707 bits per heavy atom. The van der Waals surface area contributed by atoms with Gasteiger partial charge in [0.05, 0.1) is 20.6 Å². The van der Waals surface area contributed by atoms with Crippen LogP contribution in [0.25, 0.3) is 0 Å². The number of unbranched alkanes of at least 4 members (excludes halogenated alkanes) is 10. The first-order chi connectivity index (χ1) is 19.9. The predicted octanol–water partition coefficient (Wildman–Crippen LogP) is 9.54. The standard InChI is InChI=1S/C37H60NO3/c1-6-9-10-11-12-13-14-15-16-17-19-22-32-25-27-36(28-26-32)41-35(8-3)31-40-37(39)34(7-2)30-38(4,5)29-33-23-20-18-21-24-33/h18,20-21,23-28,34-35H,6-17,19,22,29-31H2,1-5H3/q+1. The highest BCUT2D eigenvalue weighted by molar-refractivity contribution is 5.72. The molecule has 0 heterocycles. The summed E-state index contributed by atoms with van der Waals surface area (Å²) in [6.45, 7) is 8.36. The highest BCUT2D eigenvalue weighted by atomic mass is 16.6. The number of benzene rings is 2. The van der Waals surface area contributed by atoms with Gasteiger partial charge >= 0.3 is 5.97 Å². The highest BCUT2D eigenvalue weighted by Gasteiger charge is 2.28. The molecule has 0 radical (unpaired) electrons. The number of hydrogen-bond donors (Lipinski definition) is 0. The third-order valence-electron chi connectivity index (χ3n) is 8.16. The molecule has 0 aliphatic carbocycles. The summed E-state index contributed by atoms with van der Waals surface area (Å²) in [6, 6.07) is 19.0. The third kappa shape index (κ3) is 15.5. The van der Waals surface area contributed by atoms with Gasteiger partial charge in [-0.3, -0.25) is 4.79 Å². The van der Waals surface area contributed by atoms with Crippen LogP contribution in [0.2, 0.25) is 0 Å². The van der Waals surface area contributed by atoms with Crippen LogP contribution in [0, 0.1) is 5.92 Å². The van der Waals surface area contributed by atoms with Gasteiger partial charge in [0.1, 0.15) is 30.9 Å². The maximum absolute atomic E-state index is 13.0. The van der Waals surface area contributed by atoms with Gasteiger partial charge in [0, 0.05) is 5.56 Å². The van der Waals surface area contributed by atoms with E-state index in [4.69, 9.17) is 9.47 Å². The fourth-order valence-corrected chi connectivity index (χ4v) is 5.56. The van der Waals surface area contributed by atoms with Crippen molar-refractivity contribution in [3.05, 3.63) is 65.7 Å². The fourth-order valence-electron chi connectivity index (χ4n) is 5.56. The van der Waals surface area contributed by atoms with Gasteiger partial charge in [-0.05, 0) is 43.4 Å². The first-order valence-electron chi connectivity index (χ1n) is 16.6. The molecular formula is C37H60NO3+. The van der Waals surface area contributed by atoms with E-state index in [2.05, 4.69) is 83.4 Å². The SMILES string of the molecule is CCCCCCCCCCCCCc1ccc(OC(CC)COC(=O)C(CC)C[N+](C)(C)Cc2ccccc2)cc1. The van der Waals surface area contributed by atoms with Crippen molar-refractivity contribution >= 4 is 5.97 Å². The van der Waals surface area contributed by atoms with Crippen molar-refractivity contribution in [2.24, 2.45) is 5.92 Å². The molecule has 0 spiro atoms. The lowest BCUT2D eigenvalue weighted by atomic mass is 10.0. The minimum atomic E-state index is -0.138. The highest BCUT2D eigenvalue weighted by Crippen LogP contribution is 2.19. The van der Waals surface area contributed by atoms with Gasteiger partial charge in [-0.25, -0.2) is 0 Å². The molecule has 2 unspecified atom stereocenters. The zero-order valence-electron chi connectivity index (χ0n) is 27.0. The smallest absolute Gasteiger partial charge is 0.314 e. The van der Waals surface area contributed by atoms with Crippen LogP contribution in [0.5, 0.6) is 5.75 Å². The maximum atomic E-state index is 13.0. The number of carbonyl (C=O) groups excluding carboxylic acids is 1. The molecule has 0 aliphatic rings. The first-order valence-corrected chi connectivity index (χ1v) is 16.6. The minimum absolute atomic E-state index is 0.115. The Morgan fingerprint density at radius 3 is 1.85 bits per heavy atom. The number of hydrogen-bond acceptors (Lipinski definition) is 3. The molecule has 0 saturated carbocycles. The Kier molecular flexibility index (Phi) is 17.5. The Balaban J connectivity index is 1.66. The predicted molar refractivity (Wildman–Crippen MR) is 173 cm³/mol. The van der Waals surface area contributed by atoms with Gasteiger partial charge in [0.15, 0.2) is 0 Å². The summed E-state index contributed by atoms with van der Waals surface area (Å²) in [5.74, 6) is 0.612. The van der Waals surface area contributed by atoms with Crippen LogP contribution in [-0.2, 0) is 22.5 Å². The van der Waals surface area contributed by atoms with Crippen molar-refractivity contribution < 1.29 is 18.8 Å². The molecule has 4 nitrogen and oxygen atoms in total. The van der Waals surface area contributed by atoms with Crippen molar-refractivity contribution in [3.63, 3.8) is 0 Å². The Bertz CT molecular complexity index is 925. The van der Waals surface area contributed by atoms with E-state index in [9.17, 15) is 4.79 Å². The van der Waals surface area contributed by atoms with Crippen LogP contribution < -0.4 is 4.74 Å². The van der Waals surface area contributed by atoms with Gasteiger partial charge in [0.25, 0.3) is 0 Å². The lowest BCUT2D eigenvalue weighted by Gasteiger charge is -2.32. The average Bonchev–Trinajstić information content (AvgIpc) is 2.97. The zero-order chi connectivity index (χ0) is 29.8. The van der Waals surface area contributed by atoms with Crippen LogP contribution in [0.4, 0.5) is 0 Å². The number of quaternary nitrogens is 1. The Morgan fingerprint density at radius 2 is 1.29 bits per heavy atom. The molecular weight excluding hydrogens is 506 g/mol. The average molecular weight is 567 g/mol. The van der Waals surface area contributed by atoms with Gasteiger partial charge in [-0.15, -0.1) is 0 Å². The second kappa shape index (κ2) is 20.5. The van der Waals surface area contributed by atoms with Crippen molar-refractivity contribution in [1.29, 1.82) is 0 Å². The molecule has 2 aromatic carbocycles. The molecule has 2 aromatic rings. The number of nitrogens with zero attached hydrogens (tertiary/aromatic N) is 1. The molecule has 0 fully saturated rings. The van der Waals surface area contributed by atoms with Gasteiger partial charge in [0.2, 0.25) is 0 Å². The number of rotatable bonds is 23. The Labute approximate surface area is 252 Å². The Hall–Kier alpha value is -2.33. The molecule has 0 bridgehead atoms. The molecule has 230 valence electrons. The van der Waals surface area contributed by atoms with Crippen molar-refractivity contribution in [1.82, 2.24) is 0 Å². The number of aryl methyl sites for hydroxylation is 1. The summed E-state index contributed by atoms with van der Waals surface area (Å²) in [6.07, 6.45) is 17.7. The molecule has 0 amide bonds. The summed E-state index contributed by atoms with van der Waals surface area (Å²) < 4.78 is 12.7. The molecule has 4 heteroatoms.